The molecule has 2 aromatic carbocycles. The van der Waals surface area contributed by atoms with Gasteiger partial charge in [0.25, 0.3) is 0 Å². The van der Waals surface area contributed by atoms with Gasteiger partial charge in [0.1, 0.15) is 12.9 Å². The van der Waals surface area contributed by atoms with E-state index >= 15 is 0 Å². The van der Waals surface area contributed by atoms with Gasteiger partial charge < -0.3 is 14.9 Å². The third-order valence-corrected chi connectivity index (χ3v) is 5.14. The minimum absolute atomic E-state index is 0.355. The Morgan fingerprint density at radius 2 is 2.00 bits per heavy atom. The fourth-order valence-electron chi connectivity index (χ4n) is 2.40. The maximum Gasteiger partial charge on any atom is 0.214 e. The summed E-state index contributed by atoms with van der Waals surface area (Å²) >= 11 is 14.9. The summed E-state index contributed by atoms with van der Waals surface area (Å²) in [5.41, 5.74) is 5.09. The zero-order valence-electron chi connectivity index (χ0n) is 14.5. The molecule has 0 aliphatic carbocycles. The van der Waals surface area contributed by atoms with Crippen molar-refractivity contribution in [3.05, 3.63) is 68.1 Å². The molecule has 6 nitrogen and oxygen atoms in total. The van der Waals surface area contributed by atoms with Crippen LogP contribution in [-0.2, 0) is 13.2 Å². The van der Waals surface area contributed by atoms with Crippen molar-refractivity contribution in [2.24, 2.45) is 0 Å². The molecule has 1 heterocycles. The molecule has 3 aromatic rings. The summed E-state index contributed by atoms with van der Waals surface area (Å²) in [5.74, 6) is 1.31. The summed E-state index contributed by atoms with van der Waals surface area (Å²) in [6.45, 7) is 3.35. The lowest BCUT2D eigenvalue weighted by atomic mass is 10.2. The first-order valence-corrected chi connectivity index (χ1v) is 9.83. The SMILES string of the molecule is CCOc1cc(CNn2cn[nH]c2=S)c(Br)cc1OCc1ccccc1Cl. The maximum atomic E-state index is 6.20. The molecular weight excluding hydrogens is 452 g/mol. The number of nitrogens with one attached hydrogen (secondary N) is 2. The average Bonchev–Trinajstić information content (AvgIpc) is 3.06. The quantitative estimate of drug-likeness (QED) is 0.451. The first-order valence-electron chi connectivity index (χ1n) is 8.25. The Bertz CT molecular complexity index is 976. The van der Waals surface area contributed by atoms with E-state index in [0.717, 1.165) is 15.6 Å². The largest absolute Gasteiger partial charge is 0.490 e. The molecule has 142 valence electrons. The van der Waals surface area contributed by atoms with E-state index in [9.17, 15) is 0 Å². The van der Waals surface area contributed by atoms with Gasteiger partial charge in [0.15, 0.2) is 11.5 Å². The van der Waals surface area contributed by atoms with Crippen LogP contribution < -0.4 is 14.9 Å². The van der Waals surface area contributed by atoms with Crippen LogP contribution in [0, 0.1) is 4.77 Å². The van der Waals surface area contributed by atoms with Crippen LogP contribution in [0.3, 0.4) is 0 Å². The monoisotopic (exact) mass is 468 g/mol. The van der Waals surface area contributed by atoms with Crippen LogP contribution in [0.5, 0.6) is 11.5 Å². The Morgan fingerprint density at radius 3 is 2.70 bits per heavy atom. The number of halogens is 2. The molecule has 0 bridgehead atoms. The van der Waals surface area contributed by atoms with Crippen LogP contribution in [0.2, 0.25) is 5.02 Å². The summed E-state index contributed by atoms with van der Waals surface area (Å²) in [6, 6.07) is 11.4. The lowest BCUT2D eigenvalue weighted by Gasteiger charge is -2.16. The second-order valence-electron chi connectivity index (χ2n) is 5.57. The van der Waals surface area contributed by atoms with Gasteiger partial charge in [-0.25, -0.2) is 4.68 Å². The van der Waals surface area contributed by atoms with Gasteiger partial charge >= 0.3 is 0 Å². The summed E-state index contributed by atoms with van der Waals surface area (Å²) in [6.07, 6.45) is 1.58. The Kier molecular flexibility index (Phi) is 6.76. The zero-order valence-corrected chi connectivity index (χ0v) is 17.7. The Hall–Kier alpha value is -2.03. The van der Waals surface area contributed by atoms with Crippen molar-refractivity contribution in [1.29, 1.82) is 0 Å². The smallest absolute Gasteiger partial charge is 0.214 e. The number of hydrogen-bond donors (Lipinski definition) is 2. The van der Waals surface area contributed by atoms with Gasteiger partial charge in [-0.3, -0.25) is 5.10 Å². The summed E-state index contributed by atoms with van der Waals surface area (Å²) < 4.78 is 14.8. The highest BCUT2D eigenvalue weighted by atomic mass is 79.9. The highest BCUT2D eigenvalue weighted by molar-refractivity contribution is 9.10. The van der Waals surface area contributed by atoms with Gasteiger partial charge in [0.2, 0.25) is 4.77 Å². The second-order valence-corrected chi connectivity index (χ2v) is 7.22. The highest BCUT2D eigenvalue weighted by Crippen LogP contribution is 2.35. The zero-order chi connectivity index (χ0) is 19.2. The number of ether oxygens (including phenoxy) is 2. The molecule has 2 N–H and O–H groups in total. The topological polar surface area (TPSA) is 64.1 Å². The Labute approximate surface area is 175 Å². The van der Waals surface area contributed by atoms with Crippen LogP contribution in [0.1, 0.15) is 18.1 Å². The predicted octanol–water partition coefficient (Wildman–Crippen LogP) is 5.08. The highest BCUT2D eigenvalue weighted by Gasteiger charge is 2.12. The maximum absolute atomic E-state index is 6.20. The van der Waals surface area contributed by atoms with Crippen molar-refractivity contribution < 1.29 is 9.47 Å². The molecule has 0 spiro atoms. The van der Waals surface area contributed by atoms with Crippen molar-refractivity contribution in [2.45, 2.75) is 20.1 Å². The number of benzene rings is 2. The third-order valence-electron chi connectivity index (χ3n) is 3.75. The third kappa shape index (κ3) is 5.03. The van der Waals surface area contributed by atoms with Crippen LogP contribution in [0.15, 0.2) is 47.2 Å². The first-order chi connectivity index (χ1) is 13.1. The summed E-state index contributed by atoms with van der Waals surface area (Å²) in [7, 11) is 0. The predicted molar refractivity (Wildman–Crippen MR) is 112 cm³/mol. The molecule has 3 rings (SSSR count). The summed E-state index contributed by atoms with van der Waals surface area (Å²) in [5, 5.41) is 7.25. The Balaban J connectivity index is 1.78. The minimum Gasteiger partial charge on any atom is -0.490 e. The van der Waals surface area contributed by atoms with E-state index in [4.69, 9.17) is 33.3 Å². The van der Waals surface area contributed by atoms with E-state index in [0.29, 0.717) is 41.1 Å². The van der Waals surface area contributed by atoms with Crippen molar-refractivity contribution in [3.8, 4) is 11.5 Å². The van der Waals surface area contributed by atoms with Crippen LogP contribution in [-0.4, -0.2) is 21.5 Å². The molecule has 9 heteroatoms. The van der Waals surface area contributed by atoms with Gasteiger partial charge in [-0.1, -0.05) is 45.7 Å². The molecule has 0 amide bonds. The molecule has 0 saturated heterocycles. The van der Waals surface area contributed by atoms with Crippen molar-refractivity contribution in [1.82, 2.24) is 14.9 Å². The van der Waals surface area contributed by atoms with E-state index in [-0.39, 0.29) is 0 Å². The number of H-pyrrole nitrogens is 1. The second kappa shape index (κ2) is 9.25. The standard InChI is InChI=1S/C18H18BrClN4O2S/c1-2-25-16-7-13(9-22-24-11-21-23-18(24)27)14(19)8-17(16)26-10-12-5-3-4-6-15(12)20/h3-8,11,22H,2,9-10H2,1H3,(H,23,27). The summed E-state index contributed by atoms with van der Waals surface area (Å²) in [4.78, 5) is 0. The van der Waals surface area contributed by atoms with E-state index in [1.165, 1.54) is 0 Å². The molecule has 0 fully saturated rings. The number of hydrogen-bond acceptors (Lipinski definition) is 5. The molecule has 0 unspecified atom stereocenters. The molecule has 0 atom stereocenters. The molecule has 0 saturated carbocycles. The van der Waals surface area contributed by atoms with Gasteiger partial charge in [-0.2, -0.15) is 5.10 Å². The van der Waals surface area contributed by atoms with Gasteiger partial charge in [0.05, 0.1) is 13.2 Å². The van der Waals surface area contributed by atoms with E-state index in [1.54, 1.807) is 11.0 Å². The lowest BCUT2D eigenvalue weighted by molar-refractivity contribution is 0.269. The first kappa shape index (κ1) is 19.7. The van der Waals surface area contributed by atoms with Crippen LogP contribution in [0.4, 0.5) is 0 Å². The molecule has 27 heavy (non-hydrogen) atoms. The molecule has 0 aliphatic rings. The molecule has 1 aromatic heterocycles. The number of aromatic nitrogens is 3. The van der Waals surface area contributed by atoms with E-state index in [2.05, 4.69) is 31.6 Å². The lowest BCUT2D eigenvalue weighted by Crippen LogP contribution is -2.14. The number of nitrogens with zero attached hydrogens (tertiary/aromatic N) is 2. The number of aromatic amines is 1. The molecular formula is C18H18BrClN4O2S. The van der Waals surface area contributed by atoms with Crippen molar-refractivity contribution in [3.63, 3.8) is 0 Å². The molecule has 0 aliphatic heterocycles. The van der Waals surface area contributed by atoms with Gasteiger partial charge in [0, 0.05) is 15.1 Å². The van der Waals surface area contributed by atoms with E-state index in [1.807, 2.05) is 43.3 Å². The normalized spacial score (nSPS) is 10.6. The fourth-order valence-corrected chi connectivity index (χ4v) is 3.21. The van der Waals surface area contributed by atoms with Gasteiger partial charge in [-0.05, 0) is 42.9 Å². The van der Waals surface area contributed by atoms with Gasteiger partial charge in [-0.15, -0.1) is 0 Å². The Morgan fingerprint density at radius 1 is 1.22 bits per heavy atom. The van der Waals surface area contributed by atoms with Crippen molar-refractivity contribution >= 4 is 39.7 Å². The minimum atomic E-state index is 0.355. The fraction of sp³-hybridized carbons (Fsp3) is 0.222. The van der Waals surface area contributed by atoms with E-state index < -0.39 is 0 Å². The average molecular weight is 470 g/mol. The number of rotatable bonds is 8. The van der Waals surface area contributed by atoms with Crippen LogP contribution >= 0.6 is 39.7 Å². The molecule has 0 radical (unpaired) electrons. The van der Waals surface area contributed by atoms with Crippen LogP contribution in [0.25, 0.3) is 0 Å². The van der Waals surface area contributed by atoms with Crippen molar-refractivity contribution in [2.75, 3.05) is 12.0 Å².